The van der Waals surface area contributed by atoms with E-state index in [2.05, 4.69) is 6.07 Å². The minimum Gasteiger partial charge on any atom is -1.00 e. The lowest BCUT2D eigenvalue weighted by molar-refractivity contribution is -0.00000273. The summed E-state index contributed by atoms with van der Waals surface area (Å²) in [6.07, 6.45) is 0.914. The van der Waals surface area contributed by atoms with Crippen molar-refractivity contribution in [2.45, 2.75) is 6.42 Å². The molecule has 0 radical (unpaired) electrons. The summed E-state index contributed by atoms with van der Waals surface area (Å²) in [6, 6.07) is 7.96. The van der Waals surface area contributed by atoms with Crippen LogP contribution in [0.2, 0.25) is 0 Å². The Kier molecular flexibility index (Phi) is 5.51. The van der Waals surface area contributed by atoms with E-state index < -0.39 is 0 Å². The van der Waals surface area contributed by atoms with E-state index in [-0.39, 0.29) is 12.4 Å². The van der Waals surface area contributed by atoms with Gasteiger partial charge in [-0.2, -0.15) is 0 Å². The van der Waals surface area contributed by atoms with E-state index in [9.17, 15) is 0 Å². The molecule has 0 atom stereocenters. The normalized spacial score (nSPS) is 8.83. The molecule has 0 saturated heterocycles. The van der Waals surface area contributed by atoms with Crippen LogP contribution >= 0.6 is 0 Å². The first-order chi connectivity index (χ1) is 5.36. The van der Waals surface area contributed by atoms with Crippen LogP contribution in [0.25, 0.3) is 0 Å². The zero-order valence-corrected chi connectivity index (χ0v) is 7.84. The van der Waals surface area contributed by atoms with Gasteiger partial charge < -0.3 is 22.9 Å². The molecule has 0 bridgehead atoms. The van der Waals surface area contributed by atoms with Gasteiger partial charge in [0.25, 0.3) is 0 Å². The third kappa shape index (κ3) is 3.11. The Hall–Kier alpha value is -0.730. The number of hydrogen-bond donors (Lipinski definition) is 1. The minimum atomic E-state index is 0. The topological polar surface area (TPSA) is 35.2 Å². The molecule has 1 aromatic rings. The Morgan fingerprint density at radius 3 is 2.75 bits per heavy atom. The fraction of sp³-hybridized carbons (Fsp3) is 0.333. The van der Waals surface area contributed by atoms with Gasteiger partial charge in [0.2, 0.25) is 0 Å². The van der Waals surface area contributed by atoms with Crippen LogP contribution in [0.4, 0.5) is 0 Å². The van der Waals surface area contributed by atoms with Crippen molar-refractivity contribution in [1.29, 1.82) is 0 Å². The van der Waals surface area contributed by atoms with Crippen LogP contribution in [0, 0.1) is 0 Å². The molecule has 0 saturated carbocycles. The highest BCUT2D eigenvalue weighted by molar-refractivity contribution is 5.28. The SMILES string of the molecule is COc1cccc(CCN)c1.[Cl-]. The van der Waals surface area contributed by atoms with Crippen molar-refractivity contribution >= 4 is 0 Å². The summed E-state index contributed by atoms with van der Waals surface area (Å²) in [4.78, 5) is 0. The number of rotatable bonds is 3. The molecule has 2 nitrogen and oxygen atoms in total. The number of ether oxygens (including phenoxy) is 1. The summed E-state index contributed by atoms with van der Waals surface area (Å²) in [6.45, 7) is 0.688. The van der Waals surface area contributed by atoms with Crippen LogP contribution in [-0.2, 0) is 6.42 Å². The molecule has 0 aliphatic rings. The van der Waals surface area contributed by atoms with Crippen molar-refractivity contribution in [2.24, 2.45) is 5.73 Å². The molecule has 0 unspecified atom stereocenters. The van der Waals surface area contributed by atoms with Crippen LogP contribution < -0.4 is 22.9 Å². The van der Waals surface area contributed by atoms with Crippen molar-refractivity contribution < 1.29 is 17.1 Å². The van der Waals surface area contributed by atoms with Crippen LogP contribution in [0.3, 0.4) is 0 Å². The molecule has 0 aromatic heterocycles. The van der Waals surface area contributed by atoms with Crippen LogP contribution in [0.1, 0.15) is 5.56 Å². The summed E-state index contributed by atoms with van der Waals surface area (Å²) in [5, 5.41) is 0. The first-order valence-corrected chi connectivity index (χ1v) is 3.70. The van der Waals surface area contributed by atoms with Crippen LogP contribution in [0.15, 0.2) is 24.3 Å². The molecule has 1 aromatic carbocycles. The average molecular weight is 187 g/mol. The molecule has 0 aliphatic carbocycles. The van der Waals surface area contributed by atoms with Crippen molar-refractivity contribution in [3.63, 3.8) is 0 Å². The van der Waals surface area contributed by atoms with Gasteiger partial charge in [-0.25, -0.2) is 0 Å². The number of nitrogens with two attached hydrogens (primary N) is 1. The highest BCUT2D eigenvalue weighted by atomic mass is 35.5. The maximum atomic E-state index is 5.41. The van der Waals surface area contributed by atoms with Crippen LogP contribution in [-0.4, -0.2) is 13.7 Å². The minimum absolute atomic E-state index is 0. The van der Waals surface area contributed by atoms with Gasteiger partial charge in [0.05, 0.1) is 7.11 Å². The highest BCUT2D eigenvalue weighted by Crippen LogP contribution is 2.12. The second-order valence-electron chi connectivity index (χ2n) is 2.39. The molecular formula is C9H13ClNO-. The Bertz CT molecular complexity index is 228. The van der Waals surface area contributed by atoms with E-state index >= 15 is 0 Å². The summed E-state index contributed by atoms with van der Waals surface area (Å²) in [5.74, 6) is 0.899. The number of hydrogen-bond acceptors (Lipinski definition) is 2. The van der Waals surface area contributed by atoms with E-state index in [1.807, 2.05) is 18.2 Å². The predicted octanol–water partition coefficient (Wildman–Crippen LogP) is -1.80. The fourth-order valence-corrected chi connectivity index (χ4v) is 0.995. The van der Waals surface area contributed by atoms with Crippen molar-refractivity contribution in [3.8, 4) is 5.75 Å². The third-order valence-electron chi connectivity index (χ3n) is 1.57. The van der Waals surface area contributed by atoms with Crippen molar-refractivity contribution in [3.05, 3.63) is 29.8 Å². The Balaban J connectivity index is 0.00000121. The van der Waals surface area contributed by atoms with Gasteiger partial charge in [0.15, 0.2) is 0 Å². The van der Waals surface area contributed by atoms with Gasteiger partial charge in [-0.15, -0.1) is 0 Å². The second kappa shape index (κ2) is 5.86. The van der Waals surface area contributed by atoms with Crippen molar-refractivity contribution in [2.75, 3.05) is 13.7 Å². The standard InChI is InChI=1S/C9H13NO.ClH/c1-11-9-4-2-3-8(7-9)5-6-10;/h2-4,7H,5-6,10H2,1H3;1H/p-1. The number of methoxy groups -OCH3 is 1. The van der Waals surface area contributed by atoms with Gasteiger partial charge in [0, 0.05) is 0 Å². The van der Waals surface area contributed by atoms with Gasteiger partial charge >= 0.3 is 0 Å². The van der Waals surface area contributed by atoms with Crippen LogP contribution in [0.5, 0.6) is 5.75 Å². The molecule has 2 N–H and O–H groups in total. The molecule has 12 heavy (non-hydrogen) atoms. The average Bonchev–Trinajstić information content (AvgIpc) is 2.06. The highest BCUT2D eigenvalue weighted by Gasteiger charge is 1.92. The Morgan fingerprint density at radius 1 is 1.42 bits per heavy atom. The van der Waals surface area contributed by atoms with E-state index in [0.29, 0.717) is 6.54 Å². The summed E-state index contributed by atoms with van der Waals surface area (Å²) in [7, 11) is 1.67. The first-order valence-electron chi connectivity index (χ1n) is 3.70. The Morgan fingerprint density at radius 2 is 2.17 bits per heavy atom. The van der Waals surface area contributed by atoms with Crippen molar-refractivity contribution in [1.82, 2.24) is 0 Å². The summed E-state index contributed by atoms with van der Waals surface area (Å²) >= 11 is 0. The predicted molar refractivity (Wildman–Crippen MR) is 45.8 cm³/mol. The van der Waals surface area contributed by atoms with E-state index in [4.69, 9.17) is 10.5 Å². The first kappa shape index (κ1) is 11.3. The van der Waals surface area contributed by atoms with Gasteiger partial charge in [-0.1, -0.05) is 12.1 Å². The lowest BCUT2D eigenvalue weighted by Gasteiger charge is -2.01. The Labute approximate surface area is 79.1 Å². The lowest BCUT2D eigenvalue weighted by atomic mass is 10.1. The summed E-state index contributed by atoms with van der Waals surface area (Å²) in [5.41, 5.74) is 6.64. The second-order valence-corrected chi connectivity index (χ2v) is 2.39. The van der Waals surface area contributed by atoms with Gasteiger partial charge in [-0.05, 0) is 30.7 Å². The molecule has 3 heteroatoms. The largest absolute Gasteiger partial charge is 1.00 e. The smallest absolute Gasteiger partial charge is 0.119 e. The third-order valence-corrected chi connectivity index (χ3v) is 1.57. The lowest BCUT2D eigenvalue weighted by Crippen LogP contribution is -3.00. The number of halogens is 1. The van der Waals surface area contributed by atoms with E-state index in [1.165, 1.54) is 5.56 Å². The molecular weight excluding hydrogens is 174 g/mol. The molecule has 1 rings (SSSR count). The summed E-state index contributed by atoms with van der Waals surface area (Å²) < 4.78 is 5.06. The molecule has 68 valence electrons. The molecule has 0 heterocycles. The fourth-order valence-electron chi connectivity index (χ4n) is 0.995. The number of benzene rings is 1. The quantitative estimate of drug-likeness (QED) is 0.605. The monoisotopic (exact) mass is 186 g/mol. The maximum absolute atomic E-state index is 5.41. The zero-order chi connectivity index (χ0) is 8.10. The van der Waals surface area contributed by atoms with E-state index in [1.54, 1.807) is 7.11 Å². The molecule has 0 spiro atoms. The van der Waals surface area contributed by atoms with E-state index in [0.717, 1.165) is 12.2 Å². The van der Waals surface area contributed by atoms with Gasteiger partial charge in [0.1, 0.15) is 5.75 Å². The zero-order valence-electron chi connectivity index (χ0n) is 7.09. The molecule has 0 fully saturated rings. The maximum Gasteiger partial charge on any atom is 0.119 e. The van der Waals surface area contributed by atoms with Gasteiger partial charge in [-0.3, -0.25) is 0 Å². The molecule has 0 amide bonds. The molecule has 0 aliphatic heterocycles.